The molecule has 1 fully saturated rings. The standard InChI is InChI=1S/C13H19N3O2/c14-10-1-2-12(11(7-10)13(15)18)16-5-3-9(8-17)4-6-16/h1-2,7,9,17H,3-6,8,14H2,(H2,15,18). The second-order valence-corrected chi connectivity index (χ2v) is 4.75. The van der Waals surface area contributed by atoms with E-state index in [0.29, 0.717) is 17.2 Å². The number of aliphatic hydroxyl groups is 1. The van der Waals surface area contributed by atoms with Crippen molar-refractivity contribution in [2.45, 2.75) is 12.8 Å². The number of nitrogens with zero attached hydrogens (tertiary/aromatic N) is 1. The van der Waals surface area contributed by atoms with Gasteiger partial charge in [0, 0.05) is 31.1 Å². The summed E-state index contributed by atoms with van der Waals surface area (Å²) in [7, 11) is 0. The van der Waals surface area contributed by atoms with Gasteiger partial charge in [-0.15, -0.1) is 0 Å². The predicted molar refractivity (Wildman–Crippen MR) is 71.4 cm³/mol. The van der Waals surface area contributed by atoms with Crippen molar-refractivity contribution in [3.63, 3.8) is 0 Å². The van der Waals surface area contributed by atoms with Crippen LogP contribution in [0, 0.1) is 5.92 Å². The molecule has 0 spiro atoms. The van der Waals surface area contributed by atoms with Crippen molar-refractivity contribution in [1.82, 2.24) is 0 Å². The number of hydrogen-bond donors (Lipinski definition) is 3. The van der Waals surface area contributed by atoms with Gasteiger partial charge in [-0.2, -0.15) is 0 Å². The third-order valence-electron chi connectivity index (χ3n) is 3.50. The number of carbonyl (C=O) groups excluding carboxylic acids is 1. The molecule has 0 radical (unpaired) electrons. The lowest BCUT2D eigenvalue weighted by Gasteiger charge is -2.33. The molecule has 5 heteroatoms. The maximum atomic E-state index is 11.4. The summed E-state index contributed by atoms with van der Waals surface area (Å²) in [6, 6.07) is 5.24. The van der Waals surface area contributed by atoms with Crippen molar-refractivity contribution in [2.75, 3.05) is 30.3 Å². The van der Waals surface area contributed by atoms with E-state index in [1.165, 1.54) is 0 Å². The summed E-state index contributed by atoms with van der Waals surface area (Å²) in [5, 5.41) is 9.12. The van der Waals surface area contributed by atoms with Crippen molar-refractivity contribution in [2.24, 2.45) is 11.7 Å². The molecule has 1 amide bonds. The molecule has 1 aliphatic heterocycles. The molecule has 5 N–H and O–H groups in total. The van der Waals surface area contributed by atoms with Gasteiger partial charge in [-0.3, -0.25) is 4.79 Å². The van der Waals surface area contributed by atoms with E-state index in [1.807, 2.05) is 6.07 Å². The van der Waals surface area contributed by atoms with E-state index in [0.717, 1.165) is 31.6 Å². The Labute approximate surface area is 106 Å². The lowest BCUT2D eigenvalue weighted by molar-refractivity contribution is 0.100. The van der Waals surface area contributed by atoms with Crippen LogP contribution < -0.4 is 16.4 Å². The van der Waals surface area contributed by atoms with Gasteiger partial charge >= 0.3 is 0 Å². The molecule has 1 aromatic carbocycles. The fraction of sp³-hybridized carbons (Fsp3) is 0.462. The van der Waals surface area contributed by atoms with Crippen LogP contribution in [0.2, 0.25) is 0 Å². The zero-order chi connectivity index (χ0) is 13.1. The van der Waals surface area contributed by atoms with Crippen molar-refractivity contribution in [3.8, 4) is 0 Å². The smallest absolute Gasteiger partial charge is 0.250 e. The van der Waals surface area contributed by atoms with Crippen molar-refractivity contribution >= 4 is 17.3 Å². The third kappa shape index (κ3) is 2.56. The molecule has 0 aliphatic carbocycles. The van der Waals surface area contributed by atoms with Gasteiger partial charge < -0.3 is 21.5 Å². The zero-order valence-electron chi connectivity index (χ0n) is 10.3. The second-order valence-electron chi connectivity index (χ2n) is 4.75. The van der Waals surface area contributed by atoms with Gasteiger partial charge in [-0.25, -0.2) is 0 Å². The van der Waals surface area contributed by atoms with Gasteiger partial charge in [0.25, 0.3) is 5.91 Å². The number of aliphatic hydroxyl groups excluding tert-OH is 1. The molecule has 5 nitrogen and oxygen atoms in total. The normalized spacial score (nSPS) is 16.8. The van der Waals surface area contributed by atoms with Gasteiger partial charge in [-0.1, -0.05) is 0 Å². The van der Waals surface area contributed by atoms with Crippen LogP contribution in [0.25, 0.3) is 0 Å². The van der Waals surface area contributed by atoms with Crippen molar-refractivity contribution in [3.05, 3.63) is 23.8 Å². The Bertz CT molecular complexity index is 440. The van der Waals surface area contributed by atoms with Crippen LogP contribution in [0.3, 0.4) is 0 Å². The highest BCUT2D eigenvalue weighted by atomic mass is 16.3. The first-order valence-electron chi connectivity index (χ1n) is 6.17. The summed E-state index contributed by atoms with van der Waals surface area (Å²) in [5.41, 5.74) is 12.9. The number of primary amides is 1. The first-order valence-corrected chi connectivity index (χ1v) is 6.17. The Morgan fingerprint density at radius 1 is 1.39 bits per heavy atom. The summed E-state index contributed by atoms with van der Waals surface area (Å²) in [6.45, 7) is 1.89. The Balaban J connectivity index is 2.21. The van der Waals surface area contributed by atoms with Crippen LogP contribution >= 0.6 is 0 Å². The molecule has 0 aromatic heterocycles. The fourth-order valence-corrected chi connectivity index (χ4v) is 2.38. The molecular weight excluding hydrogens is 230 g/mol. The fourth-order valence-electron chi connectivity index (χ4n) is 2.38. The molecule has 18 heavy (non-hydrogen) atoms. The Hall–Kier alpha value is -1.75. The van der Waals surface area contributed by atoms with E-state index in [-0.39, 0.29) is 6.61 Å². The number of hydrogen-bond acceptors (Lipinski definition) is 4. The van der Waals surface area contributed by atoms with Crippen LogP contribution in [0.5, 0.6) is 0 Å². The summed E-state index contributed by atoms with van der Waals surface area (Å²) in [5.74, 6) is -0.0892. The van der Waals surface area contributed by atoms with Crippen LogP contribution in [0.15, 0.2) is 18.2 Å². The average Bonchev–Trinajstić information content (AvgIpc) is 2.39. The predicted octanol–water partition coefficient (Wildman–Crippen LogP) is 0.576. The summed E-state index contributed by atoms with van der Waals surface area (Å²) in [4.78, 5) is 13.6. The maximum Gasteiger partial charge on any atom is 0.250 e. The van der Waals surface area contributed by atoms with Gasteiger partial charge in [0.1, 0.15) is 0 Å². The number of piperidine rings is 1. The number of nitrogen functional groups attached to an aromatic ring is 1. The van der Waals surface area contributed by atoms with E-state index in [2.05, 4.69) is 4.90 Å². The SMILES string of the molecule is NC(=O)c1cc(N)ccc1N1CCC(CO)CC1. The highest BCUT2D eigenvalue weighted by Gasteiger charge is 2.21. The average molecular weight is 249 g/mol. The first kappa shape index (κ1) is 12.7. The largest absolute Gasteiger partial charge is 0.399 e. The second kappa shape index (κ2) is 5.27. The molecule has 98 valence electrons. The molecule has 1 aliphatic rings. The van der Waals surface area contributed by atoms with E-state index < -0.39 is 5.91 Å². The molecule has 0 unspecified atom stereocenters. The first-order chi connectivity index (χ1) is 8.61. The highest BCUT2D eigenvalue weighted by molar-refractivity contribution is 5.99. The monoisotopic (exact) mass is 249 g/mol. The Kier molecular flexibility index (Phi) is 3.72. The third-order valence-corrected chi connectivity index (χ3v) is 3.50. The number of amides is 1. The molecule has 0 atom stereocenters. The summed E-state index contributed by atoms with van der Waals surface area (Å²) in [6.07, 6.45) is 1.86. The van der Waals surface area contributed by atoms with Crippen molar-refractivity contribution in [1.29, 1.82) is 0 Å². The summed E-state index contributed by atoms with van der Waals surface area (Å²) >= 11 is 0. The van der Waals surface area contributed by atoms with E-state index in [9.17, 15) is 4.79 Å². The minimum Gasteiger partial charge on any atom is -0.399 e. The van der Waals surface area contributed by atoms with Crippen LogP contribution in [0.1, 0.15) is 23.2 Å². The number of carbonyl (C=O) groups is 1. The number of benzene rings is 1. The highest BCUT2D eigenvalue weighted by Crippen LogP contribution is 2.27. The molecule has 2 rings (SSSR count). The number of nitrogens with two attached hydrogens (primary N) is 2. The van der Waals surface area contributed by atoms with Crippen molar-refractivity contribution < 1.29 is 9.90 Å². The topological polar surface area (TPSA) is 92.6 Å². The van der Waals surface area contributed by atoms with Gasteiger partial charge in [0.15, 0.2) is 0 Å². The molecule has 1 saturated heterocycles. The Morgan fingerprint density at radius 3 is 2.61 bits per heavy atom. The molecule has 0 saturated carbocycles. The minimum absolute atomic E-state index is 0.234. The molecule has 1 aromatic rings. The molecule has 1 heterocycles. The lowest BCUT2D eigenvalue weighted by atomic mass is 9.96. The Morgan fingerprint density at radius 2 is 2.06 bits per heavy atom. The molecule has 0 bridgehead atoms. The summed E-state index contributed by atoms with van der Waals surface area (Å²) < 4.78 is 0. The number of anilines is 2. The van der Waals surface area contributed by atoms with Gasteiger partial charge in [-0.05, 0) is 37.0 Å². The van der Waals surface area contributed by atoms with Crippen LogP contribution in [0.4, 0.5) is 11.4 Å². The quantitative estimate of drug-likeness (QED) is 0.683. The lowest BCUT2D eigenvalue weighted by Crippen LogP contribution is -2.36. The van der Waals surface area contributed by atoms with E-state index in [1.54, 1.807) is 12.1 Å². The molecular formula is C13H19N3O2. The number of rotatable bonds is 3. The van der Waals surface area contributed by atoms with E-state index >= 15 is 0 Å². The minimum atomic E-state index is -0.457. The zero-order valence-corrected chi connectivity index (χ0v) is 10.3. The van der Waals surface area contributed by atoms with Crippen LogP contribution in [-0.4, -0.2) is 30.7 Å². The van der Waals surface area contributed by atoms with Crippen LogP contribution in [-0.2, 0) is 0 Å². The van der Waals surface area contributed by atoms with Gasteiger partial charge in [0.05, 0.1) is 5.56 Å². The van der Waals surface area contributed by atoms with Gasteiger partial charge in [0.2, 0.25) is 0 Å². The van der Waals surface area contributed by atoms with E-state index in [4.69, 9.17) is 16.6 Å². The maximum absolute atomic E-state index is 11.4.